The van der Waals surface area contributed by atoms with Crippen LogP contribution in [0.15, 0.2) is 12.2 Å². The molecule has 1 N–H and O–H groups in total. The monoisotopic (exact) mass is 278 g/mol. The lowest BCUT2D eigenvalue weighted by molar-refractivity contribution is 0.282. The van der Waals surface area contributed by atoms with Gasteiger partial charge in [0, 0.05) is 6.61 Å². The Morgan fingerprint density at radius 3 is 2.17 bits per heavy atom. The zero-order valence-electron chi connectivity index (χ0n) is 11.5. The predicted octanol–water partition coefficient (Wildman–Crippen LogP) is 2.63. The second-order valence-corrected chi connectivity index (χ2v) is 6.28. The van der Waals surface area contributed by atoms with Crippen molar-refractivity contribution in [2.75, 3.05) is 13.7 Å². The summed E-state index contributed by atoms with van der Waals surface area (Å²) in [6.07, 6.45) is 10.1. The molecule has 0 radical (unpaired) electrons. The van der Waals surface area contributed by atoms with E-state index < -0.39 is 15.4 Å². The molecule has 0 bridgehead atoms. The molecule has 0 aromatic carbocycles. The van der Waals surface area contributed by atoms with Crippen molar-refractivity contribution in [2.45, 2.75) is 57.1 Å². The lowest BCUT2D eigenvalue weighted by Gasteiger charge is -2.11. The van der Waals surface area contributed by atoms with Crippen molar-refractivity contribution >= 4 is 10.1 Å². The van der Waals surface area contributed by atoms with Gasteiger partial charge in [-0.25, -0.2) is 0 Å². The third kappa shape index (κ3) is 7.84. The van der Waals surface area contributed by atoms with Gasteiger partial charge in [0.2, 0.25) is 0 Å². The van der Waals surface area contributed by atoms with E-state index in [1.165, 1.54) is 7.11 Å². The first-order valence-corrected chi connectivity index (χ1v) is 8.08. The van der Waals surface area contributed by atoms with E-state index in [0.29, 0.717) is 6.42 Å². The van der Waals surface area contributed by atoms with Gasteiger partial charge in [-0.2, -0.15) is 8.42 Å². The van der Waals surface area contributed by atoms with Crippen LogP contribution in [0, 0.1) is 0 Å². The highest BCUT2D eigenvalue weighted by Gasteiger charge is 2.21. The fraction of sp³-hybridized carbons (Fsp3) is 0.846. The van der Waals surface area contributed by atoms with Crippen molar-refractivity contribution in [1.82, 2.24) is 0 Å². The molecular weight excluding hydrogens is 252 g/mol. The molecule has 5 heteroatoms. The second kappa shape index (κ2) is 10.5. The quantitative estimate of drug-likeness (QED) is 0.358. The molecule has 4 nitrogen and oxygen atoms in total. The van der Waals surface area contributed by atoms with Gasteiger partial charge in [-0.3, -0.25) is 4.18 Å². The average molecular weight is 278 g/mol. The first kappa shape index (κ1) is 17.6. The third-order valence-electron chi connectivity index (χ3n) is 2.91. The van der Waals surface area contributed by atoms with E-state index in [2.05, 4.69) is 4.18 Å². The lowest BCUT2D eigenvalue weighted by atomic mass is 10.1. The van der Waals surface area contributed by atoms with E-state index in [9.17, 15) is 8.42 Å². The molecule has 0 saturated heterocycles. The summed E-state index contributed by atoms with van der Waals surface area (Å²) in [5, 5.41) is 8.11. The Bertz CT molecular complexity index is 309. The summed E-state index contributed by atoms with van der Waals surface area (Å²) in [5.74, 6) is 0. The number of hydrogen-bond acceptors (Lipinski definition) is 4. The molecule has 0 aromatic rings. The largest absolute Gasteiger partial charge is 0.396 e. The maximum absolute atomic E-state index is 11.6. The number of hydrogen-bond donors (Lipinski definition) is 1. The zero-order chi connectivity index (χ0) is 13.9. The SMILES string of the molecule is C/C=C/C(CCCCCCCCO)S(=O)(=O)OC. The van der Waals surface area contributed by atoms with Gasteiger partial charge in [-0.05, 0) is 19.8 Å². The minimum Gasteiger partial charge on any atom is -0.396 e. The van der Waals surface area contributed by atoms with E-state index in [0.717, 1.165) is 38.5 Å². The van der Waals surface area contributed by atoms with Gasteiger partial charge < -0.3 is 5.11 Å². The van der Waals surface area contributed by atoms with Crippen LogP contribution in [0.4, 0.5) is 0 Å². The van der Waals surface area contributed by atoms with E-state index in [1.54, 1.807) is 12.2 Å². The normalized spacial score (nSPS) is 14.2. The van der Waals surface area contributed by atoms with Crippen molar-refractivity contribution in [3.63, 3.8) is 0 Å². The van der Waals surface area contributed by atoms with Crippen LogP contribution < -0.4 is 0 Å². The van der Waals surface area contributed by atoms with Crippen molar-refractivity contribution in [3.05, 3.63) is 12.2 Å². The van der Waals surface area contributed by atoms with Crippen LogP contribution in [0.25, 0.3) is 0 Å². The van der Waals surface area contributed by atoms with Gasteiger partial charge in [0.1, 0.15) is 5.25 Å². The average Bonchev–Trinajstić information content (AvgIpc) is 2.36. The van der Waals surface area contributed by atoms with Crippen LogP contribution in [-0.4, -0.2) is 32.5 Å². The fourth-order valence-corrected chi connectivity index (χ4v) is 2.89. The van der Waals surface area contributed by atoms with Gasteiger partial charge in [0.15, 0.2) is 0 Å². The Labute approximate surface area is 111 Å². The molecule has 0 spiro atoms. The van der Waals surface area contributed by atoms with Gasteiger partial charge in [0.25, 0.3) is 10.1 Å². The number of allylic oxidation sites excluding steroid dienone is 1. The standard InChI is InChI=1S/C13H26O4S/c1-3-10-13(18(15,16)17-2)11-8-6-4-5-7-9-12-14/h3,10,13-14H,4-9,11-12H2,1-2H3/b10-3+. The smallest absolute Gasteiger partial charge is 0.273 e. The molecular formula is C13H26O4S. The van der Waals surface area contributed by atoms with E-state index in [1.807, 2.05) is 6.92 Å². The topological polar surface area (TPSA) is 63.6 Å². The molecule has 18 heavy (non-hydrogen) atoms. The summed E-state index contributed by atoms with van der Waals surface area (Å²) < 4.78 is 27.7. The number of aliphatic hydroxyl groups excluding tert-OH is 1. The minimum atomic E-state index is -3.44. The first-order chi connectivity index (χ1) is 8.58. The van der Waals surface area contributed by atoms with Crippen LogP contribution in [0.3, 0.4) is 0 Å². The van der Waals surface area contributed by atoms with Gasteiger partial charge >= 0.3 is 0 Å². The molecule has 0 saturated carbocycles. The van der Waals surface area contributed by atoms with E-state index in [-0.39, 0.29) is 6.61 Å². The molecule has 0 aliphatic heterocycles. The van der Waals surface area contributed by atoms with Crippen molar-refractivity contribution in [1.29, 1.82) is 0 Å². The molecule has 1 atom stereocenters. The highest BCUT2D eigenvalue weighted by atomic mass is 32.2. The van der Waals surface area contributed by atoms with Crippen LogP contribution in [0.1, 0.15) is 51.9 Å². The molecule has 0 aliphatic rings. The molecule has 1 unspecified atom stereocenters. The number of rotatable bonds is 11. The summed E-state index contributed by atoms with van der Waals surface area (Å²) in [6, 6.07) is 0. The van der Waals surface area contributed by atoms with E-state index >= 15 is 0 Å². The summed E-state index contributed by atoms with van der Waals surface area (Å²) in [7, 11) is -2.23. The summed E-state index contributed by atoms with van der Waals surface area (Å²) in [5.41, 5.74) is 0. The van der Waals surface area contributed by atoms with Gasteiger partial charge in [-0.1, -0.05) is 44.3 Å². The fourth-order valence-electron chi connectivity index (χ4n) is 1.84. The summed E-state index contributed by atoms with van der Waals surface area (Å²) in [4.78, 5) is 0. The van der Waals surface area contributed by atoms with Crippen LogP contribution in [0.2, 0.25) is 0 Å². The molecule has 0 aromatic heterocycles. The molecule has 0 aliphatic carbocycles. The van der Waals surface area contributed by atoms with Crippen LogP contribution in [0.5, 0.6) is 0 Å². The Kier molecular flexibility index (Phi) is 10.3. The zero-order valence-corrected chi connectivity index (χ0v) is 12.3. The molecule has 0 amide bonds. The molecule has 108 valence electrons. The van der Waals surface area contributed by atoms with Gasteiger partial charge in [0.05, 0.1) is 7.11 Å². The molecule has 0 heterocycles. The van der Waals surface area contributed by atoms with Crippen LogP contribution in [-0.2, 0) is 14.3 Å². The third-order valence-corrected chi connectivity index (χ3v) is 4.51. The Morgan fingerprint density at radius 1 is 1.11 bits per heavy atom. The summed E-state index contributed by atoms with van der Waals surface area (Å²) >= 11 is 0. The lowest BCUT2D eigenvalue weighted by Crippen LogP contribution is -2.20. The predicted molar refractivity (Wildman–Crippen MR) is 73.9 cm³/mol. The minimum absolute atomic E-state index is 0.259. The maximum atomic E-state index is 11.6. The maximum Gasteiger partial charge on any atom is 0.273 e. The van der Waals surface area contributed by atoms with E-state index in [4.69, 9.17) is 5.11 Å². The molecule has 0 fully saturated rings. The second-order valence-electron chi connectivity index (χ2n) is 4.36. The number of unbranched alkanes of at least 4 members (excludes halogenated alkanes) is 5. The highest BCUT2D eigenvalue weighted by molar-refractivity contribution is 7.87. The van der Waals surface area contributed by atoms with Gasteiger partial charge in [-0.15, -0.1) is 0 Å². The van der Waals surface area contributed by atoms with Crippen molar-refractivity contribution < 1.29 is 17.7 Å². The highest BCUT2D eigenvalue weighted by Crippen LogP contribution is 2.15. The molecule has 0 rings (SSSR count). The first-order valence-electron chi connectivity index (χ1n) is 6.61. The number of aliphatic hydroxyl groups is 1. The van der Waals surface area contributed by atoms with Crippen molar-refractivity contribution in [2.24, 2.45) is 0 Å². The van der Waals surface area contributed by atoms with Crippen molar-refractivity contribution in [3.8, 4) is 0 Å². The summed E-state index contributed by atoms with van der Waals surface area (Å²) in [6.45, 7) is 2.07. The Morgan fingerprint density at radius 2 is 1.67 bits per heavy atom. The Balaban J connectivity index is 3.86. The van der Waals surface area contributed by atoms with Crippen LogP contribution >= 0.6 is 0 Å². The Hall–Kier alpha value is -0.390.